The highest BCUT2D eigenvalue weighted by atomic mass is 35.5. The van der Waals surface area contributed by atoms with Crippen molar-refractivity contribution in [3.63, 3.8) is 0 Å². The van der Waals surface area contributed by atoms with Gasteiger partial charge in [0.1, 0.15) is 5.75 Å². The number of benzene rings is 3. The van der Waals surface area contributed by atoms with Crippen LogP contribution in [0.2, 0.25) is 5.02 Å². The topological polar surface area (TPSA) is 50.4 Å². The Morgan fingerprint density at radius 1 is 0.963 bits per heavy atom. The number of rotatable bonds is 6. The highest BCUT2D eigenvalue weighted by molar-refractivity contribution is 6.31. The lowest BCUT2D eigenvalue weighted by Gasteiger charge is -2.14. The number of para-hydroxylation sites is 1. The smallest absolute Gasteiger partial charge is 0.253 e. The van der Waals surface area contributed by atoms with Gasteiger partial charge in [-0.3, -0.25) is 4.79 Å². The number of carbonyl (C=O) groups excluding carboxylic acids is 1. The van der Waals surface area contributed by atoms with Gasteiger partial charge in [0, 0.05) is 17.3 Å². The van der Waals surface area contributed by atoms with Gasteiger partial charge < -0.3 is 15.4 Å². The lowest BCUT2D eigenvalue weighted by Crippen LogP contribution is -2.23. The summed E-state index contributed by atoms with van der Waals surface area (Å²) in [4.78, 5) is 12.7. The van der Waals surface area contributed by atoms with Gasteiger partial charge in [-0.25, -0.2) is 0 Å². The van der Waals surface area contributed by atoms with Crippen LogP contribution >= 0.6 is 11.6 Å². The molecule has 3 rings (SSSR count). The maximum Gasteiger partial charge on any atom is 0.253 e. The van der Waals surface area contributed by atoms with Crippen LogP contribution in [0.4, 0.5) is 11.4 Å². The first-order chi connectivity index (χ1) is 13.1. The lowest BCUT2D eigenvalue weighted by atomic mass is 10.1. The zero-order chi connectivity index (χ0) is 19.2. The van der Waals surface area contributed by atoms with Gasteiger partial charge >= 0.3 is 0 Å². The molecule has 0 saturated heterocycles. The van der Waals surface area contributed by atoms with Crippen molar-refractivity contribution in [1.29, 1.82) is 0 Å². The van der Waals surface area contributed by atoms with Crippen molar-refractivity contribution in [1.82, 2.24) is 5.32 Å². The number of ether oxygens (including phenoxy) is 1. The van der Waals surface area contributed by atoms with E-state index < -0.39 is 0 Å². The van der Waals surface area contributed by atoms with Crippen molar-refractivity contribution < 1.29 is 9.53 Å². The Morgan fingerprint density at radius 3 is 2.41 bits per heavy atom. The number of nitrogens with one attached hydrogen (secondary N) is 2. The fourth-order valence-electron chi connectivity index (χ4n) is 2.70. The molecule has 138 valence electrons. The van der Waals surface area contributed by atoms with Gasteiger partial charge in [0.15, 0.2) is 0 Å². The van der Waals surface area contributed by atoms with Crippen LogP contribution in [-0.2, 0) is 6.54 Å². The van der Waals surface area contributed by atoms with Crippen molar-refractivity contribution in [3.05, 3.63) is 88.4 Å². The van der Waals surface area contributed by atoms with Gasteiger partial charge in [0.05, 0.1) is 18.4 Å². The van der Waals surface area contributed by atoms with Gasteiger partial charge in [0.25, 0.3) is 5.91 Å². The van der Waals surface area contributed by atoms with Gasteiger partial charge in [-0.1, -0.05) is 41.9 Å². The number of hydrogen-bond acceptors (Lipinski definition) is 3. The number of hydrogen-bond donors (Lipinski definition) is 2. The first kappa shape index (κ1) is 18.8. The summed E-state index contributed by atoms with van der Waals surface area (Å²) in [6, 6.07) is 20.7. The third-order valence-corrected chi connectivity index (χ3v) is 4.73. The average molecular weight is 381 g/mol. The largest absolute Gasteiger partial charge is 0.497 e. The minimum atomic E-state index is -0.145. The molecule has 0 saturated carbocycles. The van der Waals surface area contributed by atoms with Crippen molar-refractivity contribution in [2.75, 3.05) is 12.4 Å². The Bertz CT molecular complexity index is 939. The van der Waals surface area contributed by atoms with Crippen LogP contribution in [0.3, 0.4) is 0 Å². The van der Waals surface area contributed by atoms with Crippen LogP contribution in [0, 0.1) is 6.92 Å². The van der Waals surface area contributed by atoms with E-state index in [1.165, 1.54) is 0 Å². The Kier molecular flexibility index (Phi) is 5.99. The number of methoxy groups -OCH3 is 1. The summed E-state index contributed by atoms with van der Waals surface area (Å²) in [5.74, 6) is 0.644. The molecule has 2 N–H and O–H groups in total. The van der Waals surface area contributed by atoms with E-state index in [-0.39, 0.29) is 5.91 Å². The summed E-state index contributed by atoms with van der Waals surface area (Å²) in [5.41, 5.74) is 4.12. The van der Waals surface area contributed by atoms with E-state index in [0.717, 1.165) is 28.3 Å². The molecule has 3 aromatic rings. The van der Waals surface area contributed by atoms with Gasteiger partial charge in [-0.05, 0) is 54.4 Å². The monoisotopic (exact) mass is 380 g/mol. The van der Waals surface area contributed by atoms with Crippen LogP contribution in [-0.4, -0.2) is 13.0 Å². The molecule has 27 heavy (non-hydrogen) atoms. The predicted molar refractivity (Wildman–Crippen MR) is 110 cm³/mol. The first-order valence-electron chi connectivity index (χ1n) is 8.61. The fraction of sp³-hybridized carbons (Fsp3) is 0.136. The quantitative estimate of drug-likeness (QED) is 0.607. The molecule has 0 fully saturated rings. The van der Waals surface area contributed by atoms with E-state index in [0.29, 0.717) is 17.1 Å². The van der Waals surface area contributed by atoms with E-state index in [1.807, 2.05) is 67.6 Å². The Balaban J connectivity index is 1.74. The Labute approximate surface area is 164 Å². The van der Waals surface area contributed by atoms with E-state index in [1.54, 1.807) is 13.2 Å². The second kappa shape index (κ2) is 8.60. The zero-order valence-corrected chi connectivity index (χ0v) is 16.0. The van der Waals surface area contributed by atoms with Gasteiger partial charge in [-0.2, -0.15) is 0 Å². The molecule has 0 atom stereocenters. The van der Waals surface area contributed by atoms with Crippen LogP contribution in [0.25, 0.3) is 0 Å². The van der Waals surface area contributed by atoms with Crippen LogP contribution in [0.15, 0.2) is 66.7 Å². The number of amides is 1. The predicted octanol–water partition coefficient (Wildman–Crippen LogP) is 5.33. The molecule has 0 unspecified atom stereocenters. The second-order valence-corrected chi connectivity index (χ2v) is 6.52. The SMILES string of the molecule is COc1ccc(CNC(=O)c2ccccc2Nc2cccc(Cl)c2C)cc1. The molecule has 0 aliphatic carbocycles. The molecule has 0 aliphatic rings. The van der Waals surface area contributed by atoms with E-state index in [4.69, 9.17) is 16.3 Å². The zero-order valence-electron chi connectivity index (χ0n) is 15.3. The van der Waals surface area contributed by atoms with Crippen molar-refractivity contribution in [2.24, 2.45) is 0 Å². The van der Waals surface area contributed by atoms with E-state index in [9.17, 15) is 4.79 Å². The van der Waals surface area contributed by atoms with Crippen molar-refractivity contribution in [2.45, 2.75) is 13.5 Å². The molecule has 0 aromatic heterocycles. The minimum absolute atomic E-state index is 0.145. The Hall–Kier alpha value is -2.98. The first-order valence-corrected chi connectivity index (χ1v) is 8.98. The normalized spacial score (nSPS) is 10.3. The van der Waals surface area contributed by atoms with E-state index in [2.05, 4.69) is 10.6 Å². The summed E-state index contributed by atoms with van der Waals surface area (Å²) in [7, 11) is 1.63. The second-order valence-electron chi connectivity index (χ2n) is 6.11. The van der Waals surface area contributed by atoms with Crippen molar-refractivity contribution in [3.8, 4) is 5.75 Å². The van der Waals surface area contributed by atoms with Crippen LogP contribution in [0.5, 0.6) is 5.75 Å². The molecule has 0 bridgehead atoms. The molecule has 1 amide bonds. The average Bonchev–Trinajstić information content (AvgIpc) is 2.70. The summed E-state index contributed by atoms with van der Waals surface area (Å²) in [6.07, 6.45) is 0. The van der Waals surface area contributed by atoms with Crippen molar-refractivity contribution >= 4 is 28.9 Å². The molecule has 0 aliphatic heterocycles. The highest BCUT2D eigenvalue weighted by Crippen LogP contribution is 2.27. The summed E-state index contributed by atoms with van der Waals surface area (Å²) < 4.78 is 5.15. The molecule has 4 nitrogen and oxygen atoms in total. The number of anilines is 2. The van der Waals surface area contributed by atoms with E-state index >= 15 is 0 Å². The van der Waals surface area contributed by atoms with Gasteiger partial charge in [-0.15, -0.1) is 0 Å². The third-order valence-electron chi connectivity index (χ3n) is 4.32. The molecule has 5 heteroatoms. The van der Waals surface area contributed by atoms with Crippen LogP contribution < -0.4 is 15.4 Å². The molecule has 0 spiro atoms. The molecular formula is C22H21ClN2O2. The standard InChI is InChI=1S/C22H21ClN2O2/c1-15-19(23)7-5-9-20(15)25-21-8-4-3-6-18(21)22(26)24-14-16-10-12-17(27-2)13-11-16/h3-13,25H,14H2,1-2H3,(H,24,26). The lowest BCUT2D eigenvalue weighted by molar-refractivity contribution is 0.0952. The number of halogens is 1. The highest BCUT2D eigenvalue weighted by Gasteiger charge is 2.12. The fourth-order valence-corrected chi connectivity index (χ4v) is 2.87. The molecule has 3 aromatic carbocycles. The third kappa shape index (κ3) is 4.60. The maximum absolute atomic E-state index is 12.7. The number of carbonyl (C=O) groups is 1. The molecule has 0 heterocycles. The summed E-state index contributed by atoms with van der Waals surface area (Å²) in [6.45, 7) is 2.38. The molecule has 0 radical (unpaired) electrons. The summed E-state index contributed by atoms with van der Waals surface area (Å²) in [5, 5.41) is 6.95. The molecular weight excluding hydrogens is 360 g/mol. The van der Waals surface area contributed by atoms with Gasteiger partial charge in [0.2, 0.25) is 0 Å². The Morgan fingerprint density at radius 2 is 1.67 bits per heavy atom. The maximum atomic E-state index is 12.7. The minimum Gasteiger partial charge on any atom is -0.497 e. The summed E-state index contributed by atoms with van der Waals surface area (Å²) >= 11 is 6.19. The van der Waals surface area contributed by atoms with Crippen LogP contribution in [0.1, 0.15) is 21.5 Å².